The van der Waals surface area contributed by atoms with Crippen molar-refractivity contribution < 1.29 is 28.8 Å². The third kappa shape index (κ3) is 40.7. The smallest absolute Gasteiger partial charge is 0.391 e. The molecule has 8 heteroatoms. The molecule has 2 atom stereocenters. The fourth-order valence-corrected chi connectivity index (χ4v) is 7.70. The van der Waals surface area contributed by atoms with Gasteiger partial charge in [-0.15, -0.1) is 0 Å². The maximum Gasteiger partial charge on any atom is 0.469 e. The van der Waals surface area contributed by atoms with Crippen LogP contribution in [0.3, 0.4) is 0 Å². The van der Waals surface area contributed by atoms with Crippen molar-refractivity contribution in [3.05, 3.63) is 0 Å². The van der Waals surface area contributed by atoms with Gasteiger partial charge in [0.25, 0.3) is 0 Å². The summed E-state index contributed by atoms with van der Waals surface area (Å²) in [6.45, 7) is 4.13. The molecule has 0 radical (unpaired) electrons. The van der Waals surface area contributed by atoms with E-state index in [1.165, 1.54) is 193 Å². The van der Waals surface area contributed by atoms with Crippen molar-refractivity contribution >= 4 is 13.7 Å². The van der Waals surface area contributed by atoms with Crippen molar-refractivity contribution in [2.45, 2.75) is 270 Å². The lowest BCUT2D eigenvalue weighted by molar-refractivity contribution is -0.123. The molecule has 0 bridgehead atoms. The van der Waals surface area contributed by atoms with E-state index >= 15 is 0 Å². The summed E-state index contributed by atoms with van der Waals surface area (Å²) in [6.07, 6.45) is 46.8. The molecule has 0 aromatic carbocycles. The minimum absolute atomic E-state index is 0.189. The Bertz CT molecular complexity index is 778. The predicted octanol–water partition coefficient (Wildman–Crippen LogP) is 13.8. The molecule has 0 heterocycles. The average Bonchev–Trinajstić information content (AvgIpc) is 3.11. The standard InChI is InChI=1S/C44H90NO6P/c1-3-5-7-9-11-13-15-16-17-18-19-20-21-22-23-24-25-26-27-28-30-32-34-36-38-40-44(47)45-42(41-51-52(48,49)50)43(46)39-37-35-33-31-29-14-12-10-8-6-4-2/h42-43,46H,3-41H2,1-2H3,(H,45,47)(H2,48,49,50)/t42-,43+/m0/s1. The summed E-state index contributed by atoms with van der Waals surface area (Å²) in [5.41, 5.74) is 0. The van der Waals surface area contributed by atoms with Crippen LogP contribution >= 0.6 is 7.82 Å². The van der Waals surface area contributed by atoms with Crippen molar-refractivity contribution in [1.29, 1.82) is 0 Å². The first-order valence-corrected chi connectivity index (χ1v) is 24.5. The number of unbranched alkanes of at least 4 members (excludes halogenated alkanes) is 34. The molecule has 312 valence electrons. The van der Waals surface area contributed by atoms with Crippen LogP contribution in [0.1, 0.15) is 258 Å². The molecule has 0 saturated heterocycles. The highest BCUT2D eigenvalue weighted by Gasteiger charge is 2.25. The second kappa shape index (κ2) is 40.2. The normalized spacial score (nSPS) is 13.1. The molecule has 0 aliphatic rings. The Kier molecular flexibility index (Phi) is 39.9. The van der Waals surface area contributed by atoms with Crippen LogP contribution < -0.4 is 5.32 Å². The number of hydrogen-bond donors (Lipinski definition) is 4. The van der Waals surface area contributed by atoms with Crippen molar-refractivity contribution in [1.82, 2.24) is 5.32 Å². The lowest BCUT2D eigenvalue weighted by Crippen LogP contribution is -2.46. The topological polar surface area (TPSA) is 116 Å². The Labute approximate surface area is 323 Å². The number of carbonyl (C=O) groups is 1. The number of carbonyl (C=O) groups excluding carboxylic acids is 1. The minimum atomic E-state index is -4.68. The molecule has 4 N–H and O–H groups in total. The number of amides is 1. The van der Waals surface area contributed by atoms with Gasteiger partial charge in [0.05, 0.1) is 18.8 Å². The summed E-state index contributed by atoms with van der Waals surface area (Å²) in [6, 6.07) is -0.817. The molecular weight excluding hydrogens is 669 g/mol. The van der Waals surface area contributed by atoms with Gasteiger partial charge in [-0.05, 0) is 12.8 Å². The van der Waals surface area contributed by atoms with E-state index in [9.17, 15) is 14.5 Å². The van der Waals surface area contributed by atoms with Crippen LogP contribution in [0.15, 0.2) is 0 Å². The first kappa shape index (κ1) is 51.5. The Morgan fingerprint density at radius 1 is 0.481 bits per heavy atom. The summed E-state index contributed by atoms with van der Waals surface area (Å²) in [4.78, 5) is 30.9. The monoisotopic (exact) mass is 760 g/mol. The summed E-state index contributed by atoms with van der Waals surface area (Å²) >= 11 is 0. The summed E-state index contributed by atoms with van der Waals surface area (Å²) < 4.78 is 15.9. The van der Waals surface area contributed by atoms with Gasteiger partial charge < -0.3 is 20.2 Å². The third-order valence-corrected chi connectivity index (χ3v) is 11.3. The zero-order valence-corrected chi connectivity index (χ0v) is 35.6. The number of aliphatic hydroxyl groups is 1. The molecule has 0 aliphatic carbocycles. The summed E-state index contributed by atoms with van der Waals surface area (Å²) in [5.74, 6) is -0.189. The number of nitrogens with one attached hydrogen (secondary N) is 1. The summed E-state index contributed by atoms with van der Waals surface area (Å²) in [7, 11) is -4.68. The van der Waals surface area contributed by atoms with Gasteiger partial charge in [0.2, 0.25) is 5.91 Å². The van der Waals surface area contributed by atoms with Crippen LogP contribution in [0.5, 0.6) is 0 Å². The molecule has 7 nitrogen and oxygen atoms in total. The van der Waals surface area contributed by atoms with E-state index in [0.29, 0.717) is 12.8 Å². The minimum Gasteiger partial charge on any atom is -0.391 e. The van der Waals surface area contributed by atoms with E-state index in [2.05, 4.69) is 23.7 Å². The number of aliphatic hydroxyl groups excluding tert-OH is 1. The second-order valence-corrected chi connectivity index (χ2v) is 17.3. The third-order valence-electron chi connectivity index (χ3n) is 10.8. The maximum absolute atomic E-state index is 12.6. The van der Waals surface area contributed by atoms with Crippen LogP contribution in [0.2, 0.25) is 0 Å². The second-order valence-electron chi connectivity index (χ2n) is 16.1. The van der Waals surface area contributed by atoms with Crippen molar-refractivity contribution in [3.8, 4) is 0 Å². The molecule has 0 rings (SSSR count). The Morgan fingerprint density at radius 3 is 1.04 bits per heavy atom. The highest BCUT2D eigenvalue weighted by Crippen LogP contribution is 2.36. The molecule has 0 spiro atoms. The number of phosphoric ester groups is 1. The highest BCUT2D eigenvalue weighted by atomic mass is 31.2. The average molecular weight is 760 g/mol. The molecule has 0 saturated carbocycles. The first-order chi connectivity index (χ1) is 25.3. The van der Waals surface area contributed by atoms with Crippen molar-refractivity contribution in [3.63, 3.8) is 0 Å². The van der Waals surface area contributed by atoms with Crippen LogP contribution in [-0.4, -0.2) is 39.6 Å². The molecule has 1 amide bonds. The van der Waals surface area contributed by atoms with Gasteiger partial charge in [0.15, 0.2) is 0 Å². The van der Waals surface area contributed by atoms with E-state index in [4.69, 9.17) is 9.79 Å². The van der Waals surface area contributed by atoms with Crippen molar-refractivity contribution in [2.24, 2.45) is 0 Å². The SMILES string of the molecule is CCCCCCCCCCCCCCCCCCCCCCCCCCCC(=O)N[C@@H](COP(=O)(O)O)[C@H](O)CCCCCCCCCCCCC. The molecular formula is C44H90NO6P. The van der Waals surface area contributed by atoms with Gasteiger partial charge in [0, 0.05) is 6.42 Å². The molecule has 0 aromatic heterocycles. The molecule has 0 aromatic rings. The van der Waals surface area contributed by atoms with Crippen LogP contribution in [0.4, 0.5) is 0 Å². The number of rotatable bonds is 43. The maximum atomic E-state index is 12.6. The zero-order chi connectivity index (χ0) is 38.2. The van der Waals surface area contributed by atoms with Gasteiger partial charge in [-0.2, -0.15) is 0 Å². The largest absolute Gasteiger partial charge is 0.469 e. The Morgan fingerprint density at radius 2 is 0.750 bits per heavy atom. The molecule has 52 heavy (non-hydrogen) atoms. The Balaban J connectivity index is 3.71. The lowest BCUT2D eigenvalue weighted by atomic mass is 10.0. The summed E-state index contributed by atoms with van der Waals surface area (Å²) in [5, 5.41) is 13.5. The highest BCUT2D eigenvalue weighted by molar-refractivity contribution is 7.46. The van der Waals surface area contributed by atoms with E-state index in [0.717, 1.165) is 38.5 Å². The van der Waals surface area contributed by atoms with Crippen LogP contribution in [-0.2, 0) is 13.9 Å². The van der Waals surface area contributed by atoms with Gasteiger partial charge in [-0.25, -0.2) is 4.57 Å². The molecule has 0 fully saturated rings. The van der Waals surface area contributed by atoms with E-state index < -0.39 is 26.6 Å². The first-order valence-electron chi connectivity index (χ1n) is 23.0. The van der Waals surface area contributed by atoms with Crippen LogP contribution in [0, 0.1) is 0 Å². The molecule has 0 aliphatic heterocycles. The predicted molar refractivity (Wildman–Crippen MR) is 223 cm³/mol. The number of phosphoric acid groups is 1. The molecule has 0 unspecified atom stereocenters. The van der Waals surface area contributed by atoms with Gasteiger partial charge in [0.1, 0.15) is 0 Å². The number of hydrogen-bond acceptors (Lipinski definition) is 4. The van der Waals surface area contributed by atoms with Crippen LogP contribution in [0.25, 0.3) is 0 Å². The van der Waals surface area contributed by atoms with E-state index in [1.807, 2.05) is 0 Å². The van der Waals surface area contributed by atoms with E-state index in [-0.39, 0.29) is 5.91 Å². The quantitative estimate of drug-likeness (QED) is 0.0363. The van der Waals surface area contributed by atoms with Gasteiger partial charge >= 0.3 is 7.82 Å². The van der Waals surface area contributed by atoms with E-state index in [1.54, 1.807) is 0 Å². The fourth-order valence-electron chi connectivity index (χ4n) is 7.35. The van der Waals surface area contributed by atoms with Gasteiger partial charge in [-0.1, -0.05) is 239 Å². The van der Waals surface area contributed by atoms with Crippen molar-refractivity contribution in [2.75, 3.05) is 6.61 Å². The zero-order valence-electron chi connectivity index (χ0n) is 34.7. The lowest BCUT2D eigenvalue weighted by Gasteiger charge is -2.24. The fraction of sp³-hybridized carbons (Fsp3) is 0.977. The Hall–Kier alpha value is -0.460. The van der Waals surface area contributed by atoms with Gasteiger partial charge in [-0.3, -0.25) is 9.32 Å².